The van der Waals surface area contributed by atoms with Crippen LogP contribution in [0.5, 0.6) is 0 Å². The number of hydrogen-bond donors (Lipinski definition) is 10. The summed E-state index contributed by atoms with van der Waals surface area (Å²) in [6.45, 7) is 14.1. The van der Waals surface area contributed by atoms with E-state index in [4.69, 9.17) is 28.4 Å². The van der Waals surface area contributed by atoms with Crippen molar-refractivity contribution in [3.63, 3.8) is 0 Å². The van der Waals surface area contributed by atoms with Gasteiger partial charge in [0.25, 0.3) is 0 Å². The van der Waals surface area contributed by atoms with Gasteiger partial charge in [-0.3, -0.25) is 4.79 Å². The van der Waals surface area contributed by atoms with Crippen LogP contribution in [0.15, 0.2) is 11.6 Å². The van der Waals surface area contributed by atoms with Crippen LogP contribution in [-0.4, -0.2) is 169 Å². The maximum atomic E-state index is 13.1. The topological polar surface area (TPSA) is 275 Å². The highest BCUT2D eigenvalue weighted by Crippen LogP contribution is 2.76. The maximum Gasteiger partial charge on any atom is 0.310 e. The van der Waals surface area contributed by atoms with Gasteiger partial charge in [0.05, 0.1) is 37.4 Å². The summed E-state index contributed by atoms with van der Waals surface area (Å²) in [6.07, 6.45) is -11.9. The summed E-state index contributed by atoms with van der Waals surface area (Å²) >= 11 is 0. The number of aliphatic hydroxyl groups is 9. The molecule has 8 aliphatic rings. The van der Waals surface area contributed by atoms with E-state index in [-0.39, 0.29) is 52.6 Å². The van der Waals surface area contributed by atoms with Gasteiger partial charge in [-0.25, -0.2) is 0 Å². The first kappa shape index (κ1) is 49.0. The fourth-order valence-electron chi connectivity index (χ4n) is 14.8. The largest absolute Gasteiger partial charge is 0.481 e. The van der Waals surface area contributed by atoms with E-state index in [2.05, 4.69) is 40.7 Å². The second kappa shape index (κ2) is 17.2. The third-order valence-electron chi connectivity index (χ3n) is 19.1. The van der Waals surface area contributed by atoms with Crippen LogP contribution in [0.2, 0.25) is 0 Å². The van der Waals surface area contributed by atoms with Crippen molar-refractivity contribution in [2.75, 3.05) is 19.8 Å². The highest BCUT2D eigenvalue weighted by Gasteiger charge is 2.70. The lowest BCUT2D eigenvalue weighted by Gasteiger charge is -2.71. The third kappa shape index (κ3) is 7.49. The standard InChI is InChI=1S/C47H76O17/c1-22-30(51)36(63-38-34(55)33(54)32(53)26(19-48)61-38)35(56)39(60-22)64-37-31(52)25(50)20-59-40(37)62-29-11-12-43(4)27(44(29,5)21-49)10-13-46(7)28(43)9-8-23-24-18-42(2,3)14-16-47(24,41(57)58)17-15-45(23,46)6/h8,22,24-40,48-56H,9-21H2,1-7H3,(H,57,58)/t22-,24?,25-,26+,27?,28?,29-,30-,31-,32+,33-,34+,35+,36+,37+,38-,39-,40-,43-,44-,45+,46+,47-/m0/s1. The molecule has 4 saturated carbocycles. The predicted octanol–water partition coefficient (Wildman–Crippen LogP) is 1.35. The Bertz CT molecular complexity index is 1750. The van der Waals surface area contributed by atoms with Crippen LogP contribution in [0.25, 0.3) is 0 Å². The summed E-state index contributed by atoms with van der Waals surface area (Å²) in [5.41, 5.74) is -0.609. The molecule has 3 saturated heterocycles. The molecule has 10 N–H and O–H groups in total. The third-order valence-corrected chi connectivity index (χ3v) is 19.1. The van der Waals surface area contributed by atoms with E-state index >= 15 is 0 Å². The summed E-state index contributed by atoms with van der Waals surface area (Å²) in [5.74, 6) is -0.391. The summed E-state index contributed by atoms with van der Waals surface area (Å²) in [7, 11) is 0. The second-order valence-electron chi connectivity index (χ2n) is 22.9. The van der Waals surface area contributed by atoms with Crippen LogP contribution in [0.4, 0.5) is 0 Å². The summed E-state index contributed by atoms with van der Waals surface area (Å²) < 4.78 is 36.1. The average molecular weight is 913 g/mol. The molecule has 3 aliphatic heterocycles. The SMILES string of the molecule is C[C@@H]1O[C@@H](O[C@H]2[C@H](O[C@H]3CC[C@@]4(C)C(CC[C@]5(C)C4CC=C4C6CC(C)(C)CC[C@]6(C(=O)O)CC[C@]45C)[C@]3(C)CO)OC[C@H](O)[C@@H]2O)[C@H](O)[C@H](O[C@@H]2O[C@H](CO)[C@@H](O)[C@H](O)[C@H]2O)[C@H]1O. The number of rotatable bonds is 9. The Balaban J connectivity index is 1.01. The van der Waals surface area contributed by atoms with Crippen LogP contribution in [-0.2, 0) is 33.2 Å². The van der Waals surface area contributed by atoms with Gasteiger partial charge in [-0.05, 0) is 111 Å². The van der Waals surface area contributed by atoms with Gasteiger partial charge in [0.1, 0.15) is 61.0 Å². The smallest absolute Gasteiger partial charge is 0.310 e. The van der Waals surface area contributed by atoms with Gasteiger partial charge in [0.2, 0.25) is 0 Å². The first-order valence-corrected chi connectivity index (χ1v) is 23.7. The molecule has 0 aromatic heterocycles. The van der Waals surface area contributed by atoms with Gasteiger partial charge in [-0.15, -0.1) is 0 Å². The molecule has 0 amide bonds. The van der Waals surface area contributed by atoms with Gasteiger partial charge in [-0.2, -0.15) is 0 Å². The molecule has 0 bridgehead atoms. The van der Waals surface area contributed by atoms with Gasteiger partial charge in [-0.1, -0.05) is 53.2 Å². The molecule has 17 heteroatoms. The summed E-state index contributed by atoms with van der Waals surface area (Å²) in [6, 6.07) is 0. The first-order chi connectivity index (χ1) is 29.9. The van der Waals surface area contributed by atoms with Crippen molar-refractivity contribution in [3.05, 3.63) is 11.6 Å². The van der Waals surface area contributed by atoms with Crippen LogP contribution < -0.4 is 0 Å². The van der Waals surface area contributed by atoms with Gasteiger partial charge < -0.3 is 79.5 Å². The molecule has 23 atom stereocenters. The summed E-state index contributed by atoms with van der Waals surface area (Å²) in [4.78, 5) is 13.1. The van der Waals surface area contributed by atoms with Crippen molar-refractivity contribution < 1.29 is 84.3 Å². The lowest BCUT2D eigenvalue weighted by molar-refractivity contribution is -0.383. The molecular weight excluding hydrogens is 837 g/mol. The van der Waals surface area contributed by atoms with Gasteiger partial charge in [0, 0.05) is 5.41 Å². The predicted molar refractivity (Wildman–Crippen MR) is 225 cm³/mol. The molecule has 8 rings (SSSR count). The van der Waals surface area contributed by atoms with Crippen molar-refractivity contribution in [2.45, 2.75) is 205 Å². The zero-order chi connectivity index (χ0) is 46.7. The zero-order valence-electron chi connectivity index (χ0n) is 38.5. The second-order valence-corrected chi connectivity index (χ2v) is 22.9. The number of carboxylic acid groups (broad SMARTS) is 1. The molecule has 0 radical (unpaired) electrons. The Morgan fingerprint density at radius 2 is 1.39 bits per heavy atom. The molecule has 366 valence electrons. The highest BCUT2D eigenvalue weighted by molar-refractivity contribution is 5.76. The number of ether oxygens (including phenoxy) is 6. The first-order valence-electron chi connectivity index (χ1n) is 23.7. The maximum absolute atomic E-state index is 13.1. The van der Waals surface area contributed by atoms with Crippen LogP contribution in [0, 0.1) is 50.2 Å². The van der Waals surface area contributed by atoms with E-state index in [1.807, 2.05) is 6.92 Å². The van der Waals surface area contributed by atoms with Crippen LogP contribution in [0.3, 0.4) is 0 Å². The van der Waals surface area contributed by atoms with Gasteiger partial charge >= 0.3 is 5.97 Å². The summed E-state index contributed by atoms with van der Waals surface area (Å²) in [5, 5.41) is 108. The Morgan fingerprint density at radius 3 is 2.06 bits per heavy atom. The average Bonchev–Trinajstić information content (AvgIpc) is 3.24. The van der Waals surface area contributed by atoms with Crippen LogP contribution >= 0.6 is 0 Å². The van der Waals surface area contributed by atoms with E-state index in [1.165, 1.54) is 12.5 Å². The van der Waals surface area contributed by atoms with Gasteiger partial charge in [0.15, 0.2) is 18.9 Å². The minimum absolute atomic E-state index is 0.00330. The van der Waals surface area contributed by atoms with Crippen molar-refractivity contribution in [2.24, 2.45) is 50.2 Å². The van der Waals surface area contributed by atoms with Crippen molar-refractivity contribution in [3.8, 4) is 0 Å². The number of allylic oxidation sites excluding steroid dienone is 2. The number of carboxylic acids is 1. The molecule has 64 heavy (non-hydrogen) atoms. The molecule has 17 nitrogen and oxygen atoms in total. The minimum atomic E-state index is -1.82. The number of aliphatic carboxylic acids is 1. The Kier molecular flexibility index (Phi) is 13.2. The van der Waals surface area contributed by atoms with E-state index in [9.17, 15) is 55.9 Å². The molecule has 3 heterocycles. The quantitative estimate of drug-likeness (QED) is 0.116. The molecule has 5 aliphatic carbocycles. The Labute approximate surface area is 376 Å². The number of carbonyl (C=O) groups is 1. The monoisotopic (exact) mass is 913 g/mol. The fourth-order valence-corrected chi connectivity index (χ4v) is 14.8. The van der Waals surface area contributed by atoms with Crippen molar-refractivity contribution >= 4 is 5.97 Å². The van der Waals surface area contributed by atoms with E-state index in [0.717, 1.165) is 44.9 Å². The lowest BCUT2D eigenvalue weighted by atomic mass is 9.33. The Morgan fingerprint density at radius 1 is 0.719 bits per heavy atom. The van der Waals surface area contributed by atoms with Crippen molar-refractivity contribution in [1.29, 1.82) is 0 Å². The minimum Gasteiger partial charge on any atom is -0.481 e. The van der Waals surface area contributed by atoms with E-state index in [0.29, 0.717) is 19.3 Å². The highest BCUT2D eigenvalue weighted by atomic mass is 16.8. The molecule has 0 spiro atoms. The molecule has 3 unspecified atom stereocenters. The van der Waals surface area contributed by atoms with Crippen molar-refractivity contribution in [1.82, 2.24) is 0 Å². The lowest BCUT2D eigenvalue weighted by Crippen LogP contribution is -2.67. The zero-order valence-corrected chi connectivity index (χ0v) is 38.5. The number of hydrogen-bond acceptors (Lipinski definition) is 16. The fraction of sp³-hybridized carbons (Fsp3) is 0.936. The molecule has 0 aromatic rings. The Hall–Kier alpha value is -1.39. The number of aliphatic hydroxyl groups excluding tert-OH is 9. The van der Waals surface area contributed by atoms with E-state index in [1.54, 1.807) is 0 Å². The normalized spacial score (nSPS) is 55.0. The van der Waals surface area contributed by atoms with E-state index < -0.39 is 116 Å². The molecular formula is C47H76O17. The molecule has 7 fully saturated rings. The molecule has 0 aromatic carbocycles. The number of fused-ring (bicyclic) bond motifs is 7. The van der Waals surface area contributed by atoms with Crippen LogP contribution in [0.1, 0.15) is 113 Å².